The molecular formula is C28H33FN4O2. The Morgan fingerprint density at radius 3 is 2.86 bits per heavy atom. The number of amides is 1. The number of pyridine rings is 1. The average Bonchev–Trinajstić information content (AvgIpc) is 3.35. The van der Waals surface area contributed by atoms with Crippen LogP contribution in [0.25, 0.3) is 0 Å². The minimum Gasteiger partial charge on any atom is -0.505 e. The highest BCUT2D eigenvalue weighted by Crippen LogP contribution is 2.36. The third-order valence-corrected chi connectivity index (χ3v) is 7.00. The van der Waals surface area contributed by atoms with Crippen LogP contribution in [0.5, 0.6) is 5.75 Å². The van der Waals surface area contributed by atoms with Crippen LogP contribution in [0, 0.1) is 12.7 Å². The Morgan fingerprint density at radius 2 is 2.14 bits per heavy atom. The molecule has 2 fully saturated rings. The topological polar surface area (TPSA) is 68.7 Å². The van der Waals surface area contributed by atoms with Crippen molar-refractivity contribution in [2.45, 2.75) is 46.2 Å². The van der Waals surface area contributed by atoms with Crippen molar-refractivity contribution in [2.75, 3.05) is 19.6 Å². The van der Waals surface area contributed by atoms with Crippen molar-refractivity contribution in [3.8, 4) is 5.75 Å². The molecule has 6 nitrogen and oxygen atoms in total. The van der Waals surface area contributed by atoms with Gasteiger partial charge in [-0.2, -0.15) is 0 Å². The van der Waals surface area contributed by atoms with Gasteiger partial charge in [-0.05, 0) is 62.4 Å². The summed E-state index contributed by atoms with van der Waals surface area (Å²) in [5.74, 6) is -0.988. The van der Waals surface area contributed by atoms with Gasteiger partial charge in [0.25, 0.3) is 5.91 Å². The van der Waals surface area contributed by atoms with Crippen LogP contribution in [0.1, 0.15) is 49.4 Å². The number of hydrogen-bond donors (Lipinski definition) is 2. The molecule has 1 aromatic carbocycles. The summed E-state index contributed by atoms with van der Waals surface area (Å²) in [6, 6.07) is 6.87. The minimum atomic E-state index is -0.637. The third-order valence-electron chi connectivity index (χ3n) is 7.00. The quantitative estimate of drug-likeness (QED) is 0.611. The van der Waals surface area contributed by atoms with Crippen LogP contribution in [-0.2, 0) is 11.3 Å². The van der Waals surface area contributed by atoms with Gasteiger partial charge in [0.05, 0.1) is 17.4 Å². The molecule has 35 heavy (non-hydrogen) atoms. The van der Waals surface area contributed by atoms with E-state index in [9.17, 15) is 14.3 Å². The molecule has 1 unspecified atom stereocenters. The molecule has 2 aliphatic heterocycles. The summed E-state index contributed by atoms with van der Waals surface area (Å²) in [5.41, 5.74) is 5.32. The lowest BCUT2D eigenvalue weighted by atomic mass is 9.98. The first-order valence-electron chi connectivity index (χ1n) is 12.1. The molecule has 4 rings (SSSR count). The summed E-state index contributed by atoms with van der Waals surface area (Å²) in [7, 11) is 0. The van der Waals surface area contributed by atoms with Crippen molar-refractivity contribution in [1.29, 1.82) is 0 Å². The van der Waals surface area contributed by atoms with Crippen molar-refractivity contribution < 1.29 is 14.3 Å². The first-order chi connectivity index (χ1) is 16.8. The second kappa shape index (κ2) is 10.3. The van der Waals surface area contributed by atoms with Crippen LogP contribution in [0.2, 0.25) is 0 Å². The van der Waals surface area contributed by atoms with E-state index in [4.69, 9.17) is 0 Å². The van der Waals surface area contributed by atoms with Crippen molar-refractivity contribution >= 4 is 5.91 Å². The largest absolute Gasteiger partial charge is 0.505 e. The van der Waals surface area contributed by atoms with Crippen molar-refractivity contribution in [1.82, 2.24) is 20.1 Å². The van der Waals surface area contributed by atoms with Crippen molar-refractivity contribution in [3.63, 3.8) is 0 Å². The number of hydrogen-bond acceptors (Lipinski definition) is 5. The van der Waals surface area contributed by atoms with Gasteiger partial charge in [-0.25, -0.2) is 4.39 Å². The van der Waals surface area contributed by atoms with Crippen LogP contribution in [0.3, 0.4) is 0 Å². The Morgan fingerprint density at radius 1 is 1.34 bits per heavy atom. The van der Waals surface area contributed by atoms with Crippen molar-refractivity contribution in [3.05, 3.63) is 94.4 Å². The number of rotatable bonds is 5. The van der Waals surface area contributed by atoms with E-state index in [1.165, 1.54) is 6.07 Å². The molecule has 0 radical (unpaired) electrons. The molecule has 0 aliphatic carbocycles. The van der Waals surface area contributed by atoms with Gasteiger partial charge in [-0.1, -0.05) is 24.8 Å². The van der Waals surface area contributed by atoms with Gasteiger partial charge in [-0.3, -0.25) is 9.78 Å². The third kappa shape index (κ3) is 4.81. The number of phenols is 1. The van der Waals surface area contributed by atoms with E-state index in [0.717, 1.165) is 35.2 Å². The highest BCUT2D eigenvalue weighted by atomic mass is 19.1. The number of benzene rings is 1. The monoisotopic (exact) mass is 476 g/mol. The molecule has 0 bridgehead atoms. The van der Waals surface area contributed by atoms with Gasteiger partial charge in [0.15, 0.2) is 11.6 Å². The van der Waals surface area contributed by atoms with Gasteiger partial charge >= 0.3 is 0 Å². The number of phenolic OH excluding ortho intramolecular Hbond substituents is 1. The predicted molar refractivity (Wildman–Crippen MR) is 135 cm³/mol. The van der Waals surface area contributed by atoms with Crippen LogP contribution in [0.4, 0.5) is 4.39 Å². The maximum absolute atomic E-state index is 14.1. The standard InChI is InChI=1S/C28H33FN4O2/c1-5-22(28(35)33-14-7-9-25(33)21-8-6-12-30-16-21)19(3)26-20(4)31-13-15-32(26)17-23-18(2)10-11-24(29)27(23)34/h5-6,8,10-12,16,25,31,34H,4,7,9,13-15,17H2,1-3H3/b22-5+,26-19+. The number of carbonyl (C=O) groups excluding carboxylic acids is 1. The van der Waals surface area contributed by atoms with Crippen LogP contribution in [0.15, 0.2) is 71.9 Å². The van der Waals surface area contributed by atoms with E-state index in [1.807, 2.05) is 50.1 Å². The minimum absolute atomic E-state index is 0.000346. The van der Waals surface area contributed by atoms with E-state index < -0.39 is 5.82 Å². The molecule has 2 aromatic rings. The fourth-order valence-electron chi connectivity index (χ4n) is 5.16. The Bertz CT molecular complexity index is 1190. The Kier molecular flexibility index (Phi) is 7.24. The number of likely N-dealkylation sites (tertiary alicyclic amines) is 1. The van der Waals surface area contributed by atoms with Gasteiger partial charge in [-0.15, -0.1) is 0 Å². The Labute approximate surface area is 206 Å². The van der Waals surface area contributed by atoms with E-state index >= 15 is 0 Å². The second-order valence-corrected chi connectivity index (χ2v) is 9.14. The van der Waals surface area contributed by atoms with E-state index in [1.54, 1.807) is 12.3 Å². The van der Waals surface area contributed by atoms with Crippen LogP contribution in [-0.4, -0.2) is 45.4 Å². The summed E-state index contributed by atoms with van der Waals surface area (Å²) < 4.78 is 14.1. The van der Waals surface area contributed by atoms with Gasteiger partial charge in [0, 0.05) is 49.7 Å². The molecule has 7 heteroatoms. The maximum atomic E-state index is 14.1. The summed E-state index contributed by atoms with van der Waals surface area (Å²) in [6.45, 7) is 12.2. The first-order valence-corrected chi connectivity index (χ1v) is 12.1. The van der Waals surface area contributed by atoms with E-state index in [2.05, 4.69) is 21.8 Å². The molecular weight excluding hydrogens is 443 g/mol. The molecule has 2 aliphatic rings. The molecule has 1 aromatic heterocycles. The normalized spacial score (nSPS) is 20.2. The molecule has 184 valence electrons. The molecule has 2 N–H and O–H groups in total. The number of aromatic nitrogens is 1. The van der Waals surface area contributed by atoms with Gasteiger partial charge in [0.1, 0.15) is 0 Å². The van der Waals surface area contributed by atoms with Crippen molar-refractivity contribution in [2.24, 2.45) is 0 Å². The Balaban J connectivity index is 1.68. The fraction of sp³-hybridized carbons (Fsp3) is 0.357. The zero-order valence-corrected chi connectivity index (χ0v) is 20.6. The molecule has 0 spiro atoms. The average molecular weight is 477 g/mol. The maximum Gasteiger partial charge on any atom is 0.254 e. The number of piperazine rings is 1. The SMILES string of the molecule is C=C1NCCN(Cc2c(C)ccc(F)c2O)/C1=C(C)/C(=C\C)C(=O)N1CCCC1c1cccnc1. The zero-order chi connectivity index (χ0) is 25.1. The number of carbonyl (C=O) groups is 1. The lowest BCUT2D eigenvalue weighted by molar-refractivity contribution is -0.127. The van der Waals surface area contributed by atoms with E-state index in [-0.39, 0.29) is 17.7 Å². The summed E-state index contributed by atoms with van der Waals surface area (Å²) in [6.07, 6.45) is 7.28. The molecule has 2 saturated heterocycles. The zero-order valence-electron chi connectivity index (χ0n) is 20.6. The number of nitrogens with one attached hydrogen (secondary N) is 1. The fourth-order valence-corrected chi connectivity index (χ4v) is 5.16. The second-order valence-electron chi connectivity index (χ2n) is 9.14. The lowest BCUT2D eigenvalue weighted by Crippen LogP contribution is -2.41. The molecule has 3 heterocycles. The summed E-state index contributed by atoms with van der Waals surface area (Å²) >= 11 is 0. The van der Waals surface area contributed by atoms with Crippen LogP contribution >= 0.6 is 0 Å². The van der Waals surface area contributed by atoms with Gasteiger partial charge < -0.3 is 20.2 Å². The number of halogens is 1. The number of allylic oxidation sites excluding steroid dienone is 1. The highest BCUT2D eigenvalue weighted by Gasteiger charge is 2.33. The molecule has 0 saturated carbocycles. The molecule has 1 amide bonds. The van der Waals surface area contributed by atoms with Gasteiger partial charge in [0.2, 0.25) is 0 Å². The number of nitrogens with zero attached hydrogens (tertiary/aromatic N) is 3. The molecule has 1 atom stereocenters. The summed E-state index contributed by atoms with van der Waals surface area (Å²) in [5, 5.41) is 13.7. The summed E-state index contributed by atoms with van der Waals surface area (Å²) in [4.78, 5) is 22.1. The smallest absolute Gasteiger partial charge is 0.254 e. The Hall–Kier alpha value is -3.61. The first kappa shape index (κ1) is 24.5. The number of aromatic hydroxyl groups is 1. The number of aryl methyl sites for hydroxylation is 1. The highest BCUT2D eigenvalue weighted by molar-refractivity contribution is 5.98. The predicted octanol–water partition coefficient (Wildman–Crippen LogP) is 4.74. The van der Waals surface area contributed by atoms with Crippen LogP contribution < -0.4 is 5.32 Å². The van der Waals surface area contributed by atoms with E-state index in [0.29, 0.717) is 43.0 Å². The lowest BCUT2D eigenvalue weighted by Gasteiger charge is -2.36.